The summed E-state index contributed by atoms with van der Waals surface area (Å²) in [5, 5.41) is 5.24. The van der Waals surface area contributed by atoms with Crippen molar-refractivity contribution in [2.45, 2.75) is 25.7 Å². The highest BCUT2D eigenvalue weighted by Gasteiger charge is 2.25. The van der Waals surface area contributed by atoms with Gasteiger partial charge in [0, 0.05) is 35.4 Å². The molecule has 1 saturated heterocycles. The first-order valence-electron chi connectivity index (χ1n) is 12.0. The summed E-state index contributed by atoms with van der Waals surface area (Å²) in [5.41, 5.74) is 3.02. The predicted octanol–water partition coefficient (Wildman–Crippen LogP) is 3.41. The number of ether oxygens (including phenoxy) is 1. The number of hydrogen-bond acceptors (Lipinski definition) is 5. The van der Waals surface area contributed by atoms with Crippen LogP contribution in [0.25, 0.3) is 5.69 Å². The third-order valence-electron chi connectivity index (χ3n) is 6.44. The van der Waals surface area contributed by atoms with Gasteiger partial charge in [0.2, 0.25) is 5.91 Å². The standard InChI is InChI=1S/C27H28N4O4/c32-25-18-24-23(27(34)29-25)11-14-31(24)21-6-4-5-20(17-21)28-26(33)19-7-9-22(10-8-19)35-16-15-30-12-2-1-3-13-30/h4-11,14,17H,1-3,12-13,15-16,18H2,(H,28,33)(H,29,32,34). The number of imide groups is 1. The zero-order chi connectivity index (χ0) is 24.2. The van der Waals surface area contributed by atoms with Crippen LogP contribution in [0.15, 0.2) is 60.8 Å². The number of anilines is 1. The second kappa shape index (κ2) is 10.1. The van der Waals surface area contributed by atoms with Crippen LogP contribution in [0.5, 0.6) is 5.75 Å². The van der Waals surface area contributed by atoms with E-state index in [1.54, 1.807) is 35.0 Å². The van der Waals surface area contributed by atoms with E-state index in [4.69, 9.17) is 4.74 Å². The lowest BCUT2D eigenvalue weighted by molar-refractivity contribution is -0.119. The fraction of sp³-hybridized carbons (Fsp3) is 0.296. The number of nitrogens with zero attached hydrogens (tertiary/aromatic N) is 2. The minimum atomic E-state index is -0.390. The lowest BCUT2D eigenvalue weighted by atomic mass is 10.1. The van der Waals surface area contributed by atoms with Crippen LogP contribution in [-0.2, 0) is 11.2 Å². The highest BCUT2D eigenvalue weighted by Crippen LogP contribution is 2.23. The monoisotopic (exact) mass is 472 g/mol. The summed E-state index contributed by atoms with van der Waals surface area (Å²) >= 11 is 0. The van der Waals surface area contributed by atoms with Crippen molar-refractivity contribution in [3.63, 3.8) is 0 Å². The van der Waals surface area contributed by atoms with E-state index in [1.165, 1.54) is 19.3 Å². The Morgan fingerprint density at radius 2 is 1.80 bits per heavy atom. The molecule has 2 aromatic carbocycles. The Morgan fingerprint density at radius 1 is 1.00 bits per heavy atom. The SMILES string of the molecule is O=C1Cc2c(ccn2-c2cccc(NC(=O)c3ccc(OCCN4CCCCC4)cc3)c2)C(=O)N1. The smallest absolute Gasteiger partial charge is 0.259 e. The Bertz CT molecular complexity index is 1240. The van der Waals surface area contributed by atoms with Crippen molar-refractivity contribution in [1.29, 1.82) is 0 Å². The molecule has 0 bridgehead atoms. The molecule has 0 aliphatic carbocycles. The summed E-state index contributed by atoms with van der Waals surface area (Å²) in [7, 11) is 0. The Balaban J connectivity index is 1.21. The number of carbonyl (C=O) groups is 3. The molecule has 1 aromatic heterocycles. The molecule has 180 valence electrons. The van der Waals surface area contributed by atoms with E-state index in [9.17, 15) is 14.4 Å². The molecule has 0 radical (unpaired) electrons. The van der Waals surface area contributed by atoms with Crippen LogP contribution in [-0.4, -0.2) is 53.4 Å². The molecule has 2 N–H and O–H groups in total. The Labute approximate surface area is 203 Å². The fourth-order valence-electron chi connectivity index (χ4n) is 4.60. The molecule has 2 aliphatic rings. The van der Waals surface area contributed by atoms with Gasteiger partial charge < -0.3 is 14.6 Å². The lowest BCUT2D eigenvalue weighted by Gasteiger charge is -2.26. The summed E-state index contributed by atoms with van der Waals surface area (Å²) in [5.74, 6) is -0.202. The molecule has 3 heterocycles. The van der Waals surface area contributed by atoms with Crippen molar-refractivity contribution >= 4 is 23.4 Å². The van der Waals surface area contributed by atoms with Gasteiger partial charge in [-0.05, 0) is 74.5 Å². The zero-order valence-electron chi connectivity index (χ0n) is 19.5. The number of benzene rings is 2. The van der Waals surface area contributed by atoms with E-state index in [1.807, 2.05) is 30.3 Å². The highest BCUT2D eigenvalue weighted by molar-refractivity contribution is 6.09. The van der Waals surface area contributed by atoms with Crippen molar-refractivity contribution in [1.82, 2.24) is 14.8 Å². The molecule has 0 saturated carbocycles. The van der Waals surface area contributed by atoms with Crippen molar-refractivity contribution < 1.29 is 19.1 Å². The Kier molecular flexibility index (Phi) is 6.63. The molecule has 5 rings (SSSR count). The van der Waals surface area contributed by atoms with Gasteiger partial charge in [-0.2, -0.15) is 0 Å². The second-order valence-corrected chi connectivity index (χ2v) is 8.88. The molecule has 1 fully saturated rings. The maximum Gasteiger partial charge on any atom is 0.259 e. The number of rotatable bonds is 7. The van der Waals surface area contributed by atoms with E-state index in [0.29, 0.717) is 29.1 Å². The number of hydrogen-bond donors (Lipinski definition) is 2. The molecule has 2 aliphatic heterocycles. The maximum absolute atomic E-state index is 12.8. The van der Waals surface area contributed by atoms with Gasteiger partial charge >= 0.3 is 0 Å². The first-order valence-corrected chi connectivity index (χ1v) is 12.0. The predicted molar refractivity (Wildman–Crippen MR) is 132 cm³/mol. The van der Waals surface area contributed by atoms with Gasteiger partial charge in [0.1, 0.15) is 12.4 Å². The molecule has 0 atom stereocenters. The quantitative estimate of drug-likeness (QED) is 0.514. The van der Waals surface area contributed by atoms with Gasteiger partial charge in [0.15, 0.2) is 0 Å². The Morgan fingerprint density at radius 3 is 2.60 bits per heavy atom. The summed E-state index contributed by atoms with van der Waals surface area (Å²) < 4.78 is 7.65. The molecule has 8 heteroatoms. The number of nitrogens with one attached hydrogen (secondary N) is 2. The van der Waals surface area contributed by atoms with Crippen molar-refractivity contribution in [3.05, 3.63) is 77.6 Å². The summed E-state index contributed by atoms with van der Waals surface area (Å²) in [6, 6.07) is 16.1. The number of carbonyl (C=O) groups excluding carboxylic acids is 3. The van der Waals surface area contributed by atoms with Crippen LogP contribution >= 0.6 is 0 Å². The number of aromatic nitrogens is 1. The van der Waals surface area contributed by atoms with Gasteiger partial charge in [-0.1, -0.05) is 12.5 Å². The molecular formula is C27H28N4O4. The van der Waals surface area contributed by atoms with Gasteiger partial charge in [0.05, 0.1) is 12.0 Å². The number of fused-ring (bicyclic) bond motifs is 1. The van der Waals surface area contributed by atoms with Crippen LogP contribution in [0, 0.1) is 0 Å². The first kappa shape index (κ1) is 22.9. The van der Waals surface area contributed by atoms with E-state index in [0.717, 1.165) is 31.1 Å². The van der Waals surface area contributed by atoms with Gasteiger partial charge in [0.25, 0.3) is 11.8 Å². The molecule has 0 spiro atoms. The molecule has 35 heavy (non-hydrogen) atoms. The maximum atomic E-state index is 12.8. The second-order valence-electron chi connectivity index (χ2n) is 8.88. The van der Waals surface area contributed by atoms with E-state index < -0.39 is 5.91 Å². The van der Waals surface area contributed by atoms with Crippen LogP contribution in [0.2, 0.25) is 0 Å². The van der Waals surface area contributed by atoms with Gasteiger partial charge in [-0.15, -0.1) is 0 Å². The summed E-state index contributed by atoms with van der Waals surface area (Å²) in [6.07, 6.45) is 5.72. The highest BCUT2D eigenvalue weighted by atomic mass is 16.5. The average Bonchev–Trinajstić information content (AvgIpc) is 3.29. The first-order chi connectivity index (χ1) is 17.1. The molecular weight excluding hydrogens is 444 g/mol. The van der Waals surface area contributed by atoms with E-state index in [-0.39, 0.29) is 18.2 Å². The Hall–Kier alpha value is -3.91. The van der Waals surface area contributed by atoms with Crippen LogP contribution < -0.4 is 15.4 Å². The topological polar surface area (TPSA) is 92.7 Å². The van der Waals surface area contributed by atoms with E-state index in [2.05, 4.69) is 15.5 Å². The molecule has 0 unspecified atom stereocenters. The number of piperidine rings is 1. The van der Waals surface area contributed by atoms with Crippen LogP contribution in [0.4, 0.5) is 5.69 Å². The van der Waals surface area contributed by atoms with Crippen LogP contribution in [0.1, 0.15) is 45.7 Å². The third-order valence-corrected chi connectivity index (χ3v) is 6.44. The normalized spacial score (nSPS) is 15.9. The molecule has 8 nitrogen and oxygen atoms in total. The zero-order valence-corrected chi connectivity index (χ0v) is 19.5. The van der Waals surface area contributed by atoms with Gasteiger partial charge in [-0.25, -0.2) is 0 Å². The fourth-order valence-corrected chi connectivity index (χ4v) is 4.60. The van der Waals surface area contributed by atoms with Crippen molar-refractivity contribution in [2.24, 2.45) is 0 Å². The van der Waals surface area contributed by atoms with Gasteiger partial charge in [-0.3, -0.25) is 24.6 Å². The van der Waals surface area contributed by atoms with Crippen LogP contribution in [0.3, 0.4) is 0 Å². The number of amides is 3. The van der Waals surface area contributed by atoms with Crippen molar-refractivity contribution in [3.8, 4) is 11.4 Å². The van der Waals surface area contributed by atoms with Crippen molar-refractivity contribution in [2.75, 3.05) is 31.6 Å². The minimum absolute atomic E-state index is 0.122. The van der Waals surface area contributed by atoms with E-state index >= 15 is 0 Å². The third kappa shape index (κ3) is 5.27. The summed E-state index contributed by atoms with van der Waals surface area (Å²) in [6.45, 7) is 3.84. The molecule has 3 amide bonds. The largest absolute Gasteiger partial charge is 0.492 e. The minimum Gasteiger partial charge on any atom is -0.492 e. The number of likely N-dealkylation sites (tertiary alicyclic amines) is 1. The summed E-state index contributed by atoms with van der Waals surface area (Å²) in [4.78, 5) is 39.1. The lowest BCUT2D eigenvalue weighted by Crippen LogP contribution is -2.37. The average molecular weight is 473 g/mol. The molecule has 3 aromatic rings.